The van der Waals surface area contributed by atoms with Gasteiger partial charge in [0.1, 0.15) is 0 Å². The number of ether oxygens (including phenoxy) is 1. The van der Waals surface area contributed by atoms with E-state index in [1.807, 2.05) is 49.4 Å². The predicted octanol–water partition coefficient (Wildman–Crippen LogP) is 4.15. The van der Waals surface area contributed by atoms with E-state index in [0.29, 0.717) is 5.69 Å². The molecule has 1 heterocycles. The summed E-state index contributed by atoms with van der Waals surface area (Å²) < 4.78 is 5.10. The van der Waals surface area contributed by atoms with Gasteiger partial charge in [-0.25, -0.2) is 4.79 Å². The first kappa shape index (κ1) is 22.0. The highest BCUT2D eigenvalue weighted by Crippen LogP contribution is 2.31. The molecule has 0 aliphatic carbocycles. The molecule has 0 saturated heterocycles. The number of rotatable bonds is 6. The molecule has 0 spiro atoms. The third-order valence-corrected chi connectivity index (χ3v) is 5.46. The third kappa shape index (κ3) is 4.52. The molecule has 3 aromatic rings. The Balaban J connectivity index is 1.44. The summed E-state index contributed by atoms with van der Waals surface area (Å²) in [6.07, 6.45) is 0. The Morgan fingerprint density at radius 3 is 2.36 bits per heavy atom. The van der Waals surface area contributed by atoms with Gasteiger partial charge in [0.2, 0.25) is 0 Å². The van der Waals surface area contributed by atoms with Gasteiger partial charge in [-0.2, -0.15) is 0 Å². The van der Waals surface area contributed by atoms with Gasteiger partial charge < -0.3 is 10.1 Å². The maximum absolute atomic E-state index is 13.0. The van der Waals surface area contributed by atoms with E-state index in [9.17, 15) is 19.2 Å². The SMILES string of the molecule is Cc1cccc(NC(=O)COC(=O)c2ccc3c(c2)C(=O)N([C@H](C)c2ccccc2)C3=O)c1. The third-order valence-electron chi connectivity index (χ3n) is 5.46. The molecular formula is C26H22N2O5. The second-order valence-corrected chi connectivity index (χ2v) is 7.82. The van der Waals surface area contributed by atoms with Gasteiger partial charge in [-0.3, -0.25) is 19.3 Å². The average molecular weight is 442 g/mol. The number of anilines is 1. The second-order valence-electron chi connectivity index (χ2n) is 7.82. The number of esters is 1. The van der Waals surface area contributed by atoms with Crippen molar-refractivity contribution in [2.45, 2.75) is 19.9 Å². The molecule has 7 heteroatoms. The molecule has 3 aromatic carbocycles. The number of aryl methyl sites for hydroxylation is 1. The Morgan fingerprint density at radius 2 is 1.64 bits per heavy atom. The van der Waals surface area contributed by atoms with Crippen LogP contribution in [0, 0.1) is 6.92 Å². The number of nitrogens with zero attached hydrogens (tertiary/aromatic N) is 1. The fourth-order valence-corrected chi connectivity index (χ4v) is 3.75. The van der Waals surface area contributed by atoms with Crippen LogP contribution < -0.4 is 5.32 Å². The molecule has 33 heavy (non-hydrogen) atoms. The zero-order chi connectivity index (χ0) is 23.5. The van der Waals surface area contributed by atoms with E-state index >= 15 is 0 Å². The number of imide groups is 1. The van der Waals surface area contributed by atoms with Gasteiger partial charge >= 0.3 is 5.97 Å². The molecular weight excluding hydrogens is 420 g/mol. The number of hydrogen-bond donors (Lipinski definition) is 1. The Morgan fingerprint density at radius 1 is 0.909 bits per heavy atom. The number of amides is 3. The topological polar surface area (TPSA) is 92.8 Å². The van der Waals surface area contributed by atoms with Crippen molar-refractivity contribution in [1.82, 2.24) is 4.90 Å². The number of benzene rings is 3. The Kier molecular flexibility index (Phi) is 6.04. The normalized spacial score (nSPS) is 13.5. The van der Waals surface area contributed by atoms with E-state index in [4.69, 9.17) is 4.74 Å². The predicted molar refractivity (Wildman–Crippen MR) is 122 cm³/mol. The number of hydrogen-bond acceptors (Lipinski definition) is 5. The molecule has 0 unspecified atom stereocenters. The Bertz CT molecular complexity index is 1250. The molecule has 0 radical (unpaired) electrons. The summed E-state index contributed by atoms with van der Waals surface area (Å²) in [5, 5.41) is 2.66. The lowest BCUT2D eigenvalue weighted by molar-refractivity contribution is -0.119. The summed E-state index contributed by atoms with van der Waals surface area (Å²) in [7, 11) is 0. The standard InChI is InChI=1S/C26H22N2O5/c1-16-7-6-10-20(13-16)27-23(29)15-33-26(32)19-11-12-21-22(14-19)25(31)28(24(21)30)17(2)18-8-4-3-5-9-18/h3-14,17H,15H2,1-2H3,(H,27,29)/t17-/m1/s1. The van der Waals surface area contributed by atoms with Crippen molar-refractivity contribution in [2.75, 3.05) is 11.9 Å². The summed E-state index contributed by atoms with van der Waals surface area (Å²) in [6, 6.07) is 20.2. The van der Waals surface area contributed by atoms with Crippen LogP contribution in [0.25, 0.3) is 0 Å². The van der Waals surface area contributed by atoms with Crippen molar-refractivity contribution in [3.05, 3.63) is 101 Å². The van der Waals surface area contributed by atoms with E-state index in [0.717, 1.165) is 11.1 Å². The van der Waals surface area contributed by atoms with Crippen LogP contribution in [-0.4, -0.2) is 35.2 Å². The Labute approximate surface area is 191 Å². The molecule has 3 amide bonds. The lowest BCUT2D eigenvalue weighted by Gasteiger charge is -2.22. The lowest BCUT2D eigenvalue weighted by atomic mass is 10.1. The molecule has 7 nitrogen and oxygen atoms in total. The largest absolute Gasteiger partial charge is 0.452 e. The van der Waals surface area contributed by atoms with E-state index in [2.05, 4.69) is 5.32 Å². The van der Waals surface area contributed by atoms with Gasteiger partial charge in [-0.05, 0) is 55.3 Å². The van der Waals surface area contributed by atoms with Gasteiger partial charge in [0, 0.05) is 5.69 Å². The van der Waals surface area contributed by atoms with Crippen LogP contribution in [0.3, 0.4) is 0 Å². The van der Waals surface area contributed by atoms with Gasteiger partial charge in [-0.1, -0.05) is 42.5 Å². The first-order valence-corrected chi connectivity index (χ1v) is 10.5. The van der Waals surface area contributed by atoms with Crippen molar-refractivity contribution in [2.24, 2.45) is 0 Å². The smallest absolute Gasteiger partial charge is 0.338 e. The minimum atomic E-state index is -0.757. The van der Waals surface area contributed by atoms with Gasteiger partial charge in [0.05, 0.1) is 22.7 Å². The van der Waals surface area contributed by atoms with Crippen LogP contribution in [0.1, 0.15) is 55.2 Å². The molecule has 0 saturated carbocycles. The fourth-order valence-electron chi connectivity index (χ4n) is 3.75. The van der Waals surface area contributed by atoms with Crippen molar-refractivity contribution < 1.29 is 23.9 Å². The van der Waals surface area contributed by atoms with Gasteiger partial charge in [0.15, 0.2) is 6.61 Å². The van der Waals surface area contributed by atoms with Crippen molar-refractivity contribution in [3.8, 4) is 0 Å². The van der Waals surface area contributed by atoms with E-state index in [-0.39, 0.29) is 16.7 Å². The Hall–Kier alpha value is -4.26. The van der Waals surface area contributed by atoms with Crippen LogP contribution in [0.2, 0.25) is 0 Å². The number of fused-ring (bicyclic) bond motifs is 1. The zero-order valence-electron chi connectivity index (χ0n) is 18.2. The molecule has 0 bridgehead atoms. The molecule has 1 aliphatic heterocycles. The van der Waals surface area contributed by atoms with Crippen molar-refractivity contribution in [3.63, 3.8) is 0 Å². The van der Waals surface area contributed by atoms with Crippen molar-refractivity contribution >= 4 is 29.4 Å². The first-order chi connectivity index (χ1) is 15.8. The summed E-state index contributed by atoms with van der Waals surface area (Å²) in [4.78, 5) is 51.6. The molecule has 166 valence electrons. The van der Waals surface area contributed by atoms with Crippen LogP contribution in [0.15, 0.2) is 72.8 Å². The van der Waals surface area contributed by atoms with Gasteiger partial charge in [0.25, 0.3) is 17.7 Å². The maximum atomic E-state index is 13.0. The minimum absolute atomic E-state index is 0.0902. The van der Waals surface area contributed by atoms with E-state index < -0.39 is 36.3 Å². The van der Waals surface area contributed by atoms with Crippen molar-refractivity contribution in [1.29, 1.82) is 0 Å². The minimum Gasteiger partial charge on any atom is -0.452 e. The van der Waals surface area contributed by atoms with Crippen LogP contribution in [0.5, 0.6) is 0 Å². The van der Waals surface area contributed by atoms with Crippen LogP contribution in [-0.2, 0) is 9.53 Å². The number of nitrogens with one attached hydrogen (secondary N) is 1. The highest BCUT2D eigenvalue weighted by atomic mass is 16.5. The quantitative estimate of drug-likeness (QED) is 0.457. The highest BCUT2D eigenvalue weighted by molar-refractivity contribution is 6.22. The second kappa shape index (κ2) is 9.08. The molecule has 1 atom stereocenters. The average Bonchev–Trinajstić information content (AvgIpc) is 3.07. The van der Waals surface area contributed by atoms with Crippen LogP contribution >= 0.6 is 0 Å². The van der Waals surface area contributed by atoms with E-state index in [1.165, 1.54) is 23.1 Å². The molecule has 0 aromatic heterocycles. The monoisotopic (exact) mass is 442 g/mol. The summed E-state index contributed by atoms with van der Waals surface area (Å²) in [5.41, 5.74) is 2.87. The van der Waals surface area contributed by atoms with E-state index in [1.54, 1.807) is 19.1 Å². The summed E-state index contributed by atoms with van der Waals surface area (Å²) in [6.45, 7) is 3.20. The molecule has 4 rings (SSSR count). The first-order valence-electron chi connectivity index (χ1n) is 10.5. The molecule has 1 N–H and O–H groups in total. The molecule has 0 fully saturated rings. The maximum Gasteiger partial charge on any atom is 0.338 e. The fraction of sp³-hybridized carbons (Fsp3) is 0.154. The summed E-state index contributed by atoms with van der Waals surface area (Å²) >= 11 is 0. The van der Waals surface area contributed by atoms with Gasteiger partial charge in [-0.15, -0.1) is 0 Å². The number of carbonyl (C=O) groups excluding carboxylic acids is 4. The highest BCUT2D eigenvalue weighted by Gasteiger charge is 2.39. The zero-order valence-corrected chi connectivity index (χ0v) is 18.2. The molecule has 1 aliphatic rings. The number of carbonyl (C=O) groups is 4. The van der Waals surface area contributed by atoms with Crippen LogP contribution in [0.4, 0.5) is 5.69 Å². The lowest BCUT2D eigenvalue weighted by Crippen LogP contribution is -2.32. The summed E-state index contributed by atoms with van der Waals surface area (Å²) in [5.74, 6) is -2.13.